The minimum atomic E-state index is 0.0511. The third kappa shape index (κ3) is 3.22. The molecule has 7 heteroatoms. The number of aryl methyl sites for hydroxylation is 2. The molecule has 0 saturated carbocycles. The Morgan fingerprint density at radius 1 is 1.12 bits per heavy atom. The van der Waals surface area contributed by atoms with Crippen LogP contribution in [0.5, 0.6) is 0 Å². The third-order valence-corrected chi connectivity index (χ3v) is 5.64. The monoisotopic (exact) mass is 368 g/mol. The molecule has 0 spiro atoms. The van der Waals surface area contributed by atoms with Crippen LogP contribution in [-0.4, -0.2) is 47.0 Å². The van der Waals surface area contributed by atoms with E-state index in [-0.39, 0.29) is 5.91 Å². The Hall–Kier alpha value is -2.67. The number of carbonyl (C=O) groups is 1. The minimum absolute atomic E-state index is 0.0511. The number of amides is 1. The number of rotatable bonds is 3. The highest BCUT2D eigenvalue weighted by atomic mass is 32.1. The molecule has 0 atom stereocenters. The Bertz CT molecular complexity index is 911. The molecule has 4 heterocycles. The van der Waals surface area contributed by atoms with Crippen LogP contribution in [0.25, 0.3) is 10.8 Å². The zero-order valence-electron chi connectivity index (χ0n) is 14.8. The lowest BCUT2D eigenvalue weighted by Crippen LogP contribution is -2.49. The molecule has 0 radical (unpaired) electrons. The smallest absolute Gasteiger partial charge is 0.265 e. The number of carbonyl (C=O) groups excluding carboxylic acids is 1. The lowest BCUT2D eigenvalue weighted by molar-refractivity contribution is 0.0750. The molecule has 6 nitrogen and oxygen atoms in total. The van der Waals surface area contributed by atoms with Crippen LogP contribution in [0.15, 0.2) is 40.9 Å². The second-order valence-electron chi connectivity index (χ2n) is 6.31. The molecule has 3 aromatic heterocycles. The molecule has 3 aromatic rings. The Kier molecular flexibility index (Phi) is 4.46. The number of hydrogen-bond acceptors (Lipinski definition) is 6. The maximum absolute atomic E-state index is 12.9. The van der Waals surface area contributed by atoms with Gasteiger partial charge >= 0.3 is 0 Å². The lowest BCUT2D eigenvalue weighted by atomic mass is 10.2. The number of furan rings is 1. The van der Waals surface area contributed by atoms with E-state index in [1.54, 1.807) is 6.20 Å². The predicted octanol–water partition coefficient (Wildman–Crippen LogP) is 3.38. The van der Waals surface area contributed by atoms with E-state index in [2.05, 4.69) is 14.9 Å². The first-order valence-corrected chi connectivity index (χ1v) is 9.43. The molecule has 4 rings (SSSR count). The predicted molar refractivity (Wildman–Crippen MR) is 102 cm³/mol. The number of hydrogen-bond donors (Lipinski definition) is 0. The third-order valence-electron chi connectivity index (χ3n) is 4.48. The molecule has 134 valence electrons. The fourth-order valence-corrected chi connectivity index (χ4v) is 4.07. The molecule has 1 fully saturated rings. The zero-order chi connectivity index (χ0) is 18.1. The van der Waals surface area contributed by atoms with Gasteiger partial charge in [0.15, 0.2) is 10.8 Å². The van der Waals surface area contributed by atoms with Gasteiger partial charge in [-0.1, -0.05) is 6.07 Å². The van der Waals surface area contributed by atoms with Crippen molar-refractivity contribution in [3.05, 3.63) is 52.9 Å². The Morgan fingerprint density at radius 3 is 2.58 bits per heavy atom. The van der Waals surface area contributed by atoms with Crippen LogP contribution in [0.4, 0.5) is 5.82 Å². The van der Waals surface area contributed by atoms with Crippen LogP contribution >= 0.6 is 11.3 Å². The average molecular weight is 368 g/mol. The van der Waals surface area contributed by atoms with E-state index < -0.39 is 0 Å². The summed E-state index contributed by atoms with van der Waals surface area (Å²) in [6, 6.07) is 9.70. The fourth-order valence-electron chi connectivity index (χ4n) is 3.07. The fraction of sp³-hybridized carbons (Fsp3) is 0.316. The normalized spacial score (nSPS) is 14.7. The van der Waals surface area contributed by atoms with Crippen molar-refractivity contribution in [3.8, 4) is 10.8 Å². The van der Waals surface area contributed by atoms with Crippen molar-refractivity contribution in [2.24, 2.45) is 0 Å². The number of nitrogens with zero attached hydrogens (tertiary/aromatic N) is 4. The molecule has 1 aliphatic rings. The maximum atomic E-state index is 12.9. The molecule has 1 saturated heterocycles. The number of pyridine rings is 1. The standard InChI is InChI=1S/C19H20N4O2S/c1-13-6-7-15(25-13)18-21-14(2)17(26-18)19(24)23-11-9-22(10-12-23)16-5-3-4-8-20-16/h3-8H,9-12H2,1-2H3. The molecule has 0 aromatic carbocycles. The van der Waals surface area contributed by atoms with Gasteiger partial charge in [-0.25, -0.2) is 9.97 Å². The number of aromatic nitrogens is 2. The summed E-state index contributed by atoms with van der Waals surface area (Å²) in [7, 11) is 0. The zero-order valence-corrected chi connectivity index (χ0v) is 15.6. The summed E-state index contributed by atoms with van der Waals surface area (Å²) in [5.41, 5.74) is 0.760. The van der Waals surface area contributed by atoms with E-state index in [9.17, 15) is 4.79 Å². The van der Waals surface area contributed by atoms with Gasteiger partial charge in [0.05, 0.1) is 5.69 Å². The van der Waals surface area contributed by atoms with Crippen molar-refractivity contribution >= 4 is 23.1 Å². The van der Waals surface area contributed by atoms with Crippen molar-refractivity contribution in [2.75, 3.05) is 31.1 Å². The van der Waals surface area contributed by atoms with Crippen molar-refractivity contribution in [1.29, 1.82) is 0 Å². The van der Waals surface area contributed by atoms with Gasteiger partial charge < -0.3 is 14.2 Å². The molecule has 0 unspecified atom stereocenters. The van der Waals surface area contributed by atoms with Crippen LogP contribution in [0, 0.1) is 13.8 Å². The van der Waals surface area contributed by atoms with E-state index in [1.807, 2.05) is 49.1 Å². The van der Waals surface area contributed by atoms with Gasteiger partial charge in [0.2, 0.25) is 0 Å². The molecule has 0 aliphatic carbocycles. The van der Waals surface area contributed by atoms with Gasteiger partial charge in [-0.3, -0.25) is 4.79 Å². The maximum Gasteiger partial charge on any atom is 0.265 e. The first-order chi connectivity index (χ1) is 12.6. The summed E-state index contributed by atoms with van der Waals surface area (Å²) in [4.78, 5) is 26.7. The summed E-state index contributed by atoms with van der Waals surface area (Å²) in [5.74, 6) is 2.57. The van der Waals surface area contributed by atoms with E-state index in [1.165, 1.54) is 11.3 Å². The molecular formula is C19H20N4O2S. The van der Waals surface area contributed by atoms with Gasteiger partial charge in [0, 0.05) is 32.4 Å². The topological polar surface area (TPSA) is 62.5 Å². The van der Waals surface area contributed by atoms with Crippen LogP contribution in [0.3, 0.4) is 0 Å². The average Bonchev–Trinajstić information content (AvgIpc) is 3.28. The van der Waals surface area contributed by atoms with Gasteiger partial charge in [-0.2, -0.15) is 0 Å². The van der Waals surface area contributed by atoms with Crippen LogP contribution in [0.1, 0.15) is 21.1 Å². The lowest BCUT2D eigenvalue weighted by Gasteiger charge is -2.35. The van der Waals surface area contributed by atoms with Crippen molar-refractivity contribution < 1.29 is 9.21 Å². The van der Waals surface area contributed by atoms with Crippen molar-refractivity contribution in [2.45, 2.75) is 13.8 Å². The first kappa shape index (κ1) is 16.8. The van der Waals surface area contributed by atoms with Crippen LogP contribution in [-0.2, 0) is 0 Å². The number of thiazole rings is 1. The quantitative estimate of drug-likeness (QED) is 0.709. The van der Waals surface area contributed by atoms with Crippen molar-refractivity contribution in [3.63, 3.8) is 0 Å². The van der Waals surface area contributed by atoms with Gasteiger partial charge in [0.1, 0.15) is 16.5 Å². The van der Waals surface area contributed by atoms with E-state index in [4.69, 9.17) is 4.42 Å². The summed E-state index contributed by atoms with van der Waals surface area (Å²) in [5, 5.41) is 0.756. The first-order valence-electron chi connectivity index (χ1n) is 8.61. The second-order valence-corrected chi connectivity index (χ2v) is 7.31. The highest BCUT2D eigenvalue weighted by molar-refractivity contribution is 7.17. The van der Waals surface area contributed by atoms with Gasteiger partial charge in [-0.15, -0.1) is 11.3 Å². The van der Waals surface area contributed by atoms with Gasteiger partial charge in [-0.05, 0) is 38.1 Å². The summed E-state index contributed by atoms with van der Waals surface area (Å²) < 4.78 is 5.64. The van der Waals surface area contributed by atoms with Gasteiger partial charge in [0.25, 0.3) is 5.91 Å². The number of piperazine rings is 1. The second kappa shape index (κ2) is 6.92. The van der Waals surface area contributed by atoms with E-state index in [0.29, 0.717) is 18.0 Å². The van der Waals surface area contributed by atoms with Crippen LogP contribution < -0.4 is 4.90 Å². The van der Waals surface area contributed by atoms with E-state index in [0.717, 1.165) is 41.1 Å². The Balaban J connectivity index is 1.46. The van der Waals surface area contributed by atoms with E-state index >= 15 is 0 Å². The Labute approximate surface area is 156 Å². The number of anilines is 1. The molecule has 1 amide bonds. The summed E-state index contributed by atoms with van der Waals surface area (Å²) >= 11 is 1.40. The largest absolute Gasteiger partial charge is 0.459 e. The molecular weight excluding hydrogens is 348 g/mol. The molecule has 1 aliphatic heterocycles. The molecule has 0 bridgehead atoms. The molecule has 26 heavy (non-hydrogen) atoms. The highest BCUT2D eigenvalue weighted by Crippen LogP contribution is 2.30. The SMILES string of the molecule is Cc1ccc(-c2nc(C)c(C(=O)N3CCN(c4ccccn4)CC3)s2)o1. The van der Waals surface area contributed by atoms with Crippen molar-refractivity contribution in [1.82, 2.24) is 14.9 Å². The minimum Gasteiger partial charge on any atom is -0.459 e. The summed E-state index contributed by atoms with van der Waals surface area (Å²) in [6.45, 7) is 6.71. The molecule has 0 N–H and O–H groups in total. The highest BCUT2D eigenvalue weighted by Gasteiger charge is 2.26. The Morgan fingerprint density at radius 2 is 1.92 bits per heavy atom. The van der Waals surface area contributed by atoms with Crippen LogP contribution in [0.2, 0.25) is 0 Å². The summed E-state index contributed by atoms with van der Waals surface area (Å²) in [6.07, 6.45) is 1.80.